The van der Waals surface area contributed by atoms with Crippen LogP contribution in [0.4, 0.5) is 0 Å². The number of ether oxygens (including phenoxy) is 1. The molecule has 8 heteroatoms. The van der Waals surface area contributed by atoms with Gasteiger partial charge in [-0.05, 0) is 40.5 Å². The molecule has 0 fully saturated rings. The fourth-order valence-corrected chi connectivity index (χ4v) is 3.02. The lowest BCUT2D eigenvalue weighted by molar-refractivity contribution is 0.292. The molecule has 0 atom stereocenters. The van der Waals surface area contributed by atoms with Crippen molar-refractivity contribution >= 4 is 26.0 Å². The van der Waals surface area contributed by atoms with Crippen LogP contribution in [0.3, 0.4) is 0 Å². The van der Waals surface area contributed by atoms with Crippen LogP contribution >= 0.6 is 15.9 Å². The molecule has 2 aromatic rings. The van der Waals surface area contributed by atoms with Crippen molar-refractivity contribution in [3.05, 3.63) is 40.9 Å². The van der Waals surface area contributed by atoms with E-state index in [0.717, 1.165) is 18.7 Å². The summed E-state index contributed by atoms with van der Waals surface area (Å²) < 4.78 is 30.8. The SMILES string of the molecule is CCCn1cncc1COc1ccc(S(N)(=O)=O)cc1Br. The quantitative estimate of drug-likeness (QED) is 0.841. The first-order valence-corrected chi connectivity index (χ1v) is 8.70. The summed E-state index contributed by atoms with van der Waals surface area (Å²) in [5, 5.41) is 5.08. The molecule has 21 heavy (non-hydrogen) atoms. The van der Waals surface area contributed by atoms with Gasteiger partial charge in [0.2, 0.25) is 10.0 Å². The molecule has 1 aromatic heterocycles. The Hall–Kier alpha value is -1.38. The van der Waals surface area contributed by atoms with Crippen LogP contribution in [0, 0.1) is 0 Å². The molecule has 0 aliphatic carbocycles. The molecule has 0 amide bonds. The van der Waals surface area contributed by atoms with Gasteiger partial charge in [0.1, 0.15) is 12.4 Å². The van der Waals surface area contributed by atoms with Crippen molar-refractivity contribution in [2.24, 2.45) is 5.14 Å². The average Bonchev–Trinajstić information content (AvgIpc) is 2.84. The Morgan fingerprint density at radius 1 is 1.43 bits per heavy atom. The molecular weight excluding hydrogens is 358 g/mol. The average molecular weight is 374 g/mol. The number of primary sulfonamides is 1. The van der Waals surface area contributed by atoms with Gasteiger partial charge in [0.05, 0.1) is 27.6 Å². The van der Waals surface area contributed by atoms with E-state index >= 15 is 0 Å². The maximum atomic E-state index is 11.3. The number of sulfonamides is 1. The smallest absolute Gasteiger partial charge is 0.238 e. The van der Waals surface area contributed by atoms with E-state index < -0.39 is 10.0 Å². The summed E-state index contributed by atoms with van der Waals surface area (Å²) in [4.78, 5) is 4.14. The third kappa shape index (κ3) is 4.05. The van der Waals surface area contributed by atoms with Gasteiger partial charge < -0.3 is 9.30 Å². The second kappa shape index (κ2) is 6.59. The number of aryl methyl sites for hydroxylation is 1. The van der Waals surface area contributed by atoms with Crippen molar-refractivity contribution in [3.63, 3.8) is 0 Å². The van der Waals surface area contributed by atoms with Gasteiger partial charge in [-0.3, -0.25) is 0 Å². The molecule has 0 saturated carbocycles. The summed E-state index contributed by atoms with van der Waals surface area (Å²) in [7, 11) is -3.71. The maximum absolute atomic E-state index is 11.3. The third-order valence-corrected chi connectivity index (χ3v) is 4.40. The van der Waals surface area contributed by atoms with Crippen molar-refractivity contribution in [2.45, 2.75) is 31.4 Å². The van der Waals surface area contributed by atoms with Crippen molar-refractivity contribution < 1.29 is 13.2 Å². The maximum Gasteiger partial charge on any atom is 0.238 e. The number of halogens is 1. The zero-order valence-electron chi connectivity index (χ0n) is 11.5. The van der Waals surface area contributed by atoms with E-state index in [4.69, 9.17) is 9.88 Å². The number of aromatic nitrogens is 2. The molecular formula is C13H16BrN3O3S. The van der Waals surface area contributed by atoms with Crippen LogP contribution in [0.5, 0.6) is 5.75 Å². The van der Waals surface area contributed by atoms with Crippen LogP contribution < -0.4 is 9.88 Å². The second-order valence-corrected chi connectivity index (χ2v) is 6.92. The molecule has 0 unspecified atom stereocenters. The molecule has 2 rings (SSSR count). The van der Waals surface area contributed by atoms with E-state index in [1.165, 1.54) is 12.1 Å². The topological polar surface area (TPSA) is 87.2 Å². The number of benzene rings is 1. The first kappa shape index (κ1) is 16.0. The molecule has 1 aromatic carbocycles. The first-order chi connectivity index (χ1) is 9.91. The Labute approximate surface area is 132 Å². The lowest BCUT2D eigenvalue weighted by Gasteiger charge is -2.11. The minimum Gasteiger partial charge on any atom is -0.486 e. The van der Waals surface area contributed by atoms with E-state index in [9.17, 15) is 8.42 Å². The Balaban J connectivity index is 2.12. The molecule has 114 valence electrons. The molecule has 0 aliphatic rings. The predicted molar refractivity (Wildman–Crippen MR) is 82.4 cm³/mol. The van der Waals surface area contributed by atoms with E-state index in [0.29, 0.717) is 16.8 Å². The first-order valence-electron chi connectivity index (χ1n) is 6.36. The highest BCUT2D eigenvalue weighted by Gasteiger charge is 2.11. The van der Waals surface area contributed by atoms with E-state index in [-0.39, 0.29) is 4.90 Å². The van der Waals surface area contributed by atoms with E-state index in [1.54, 1.807) is 18.6 Å². The summed E-state index contributed by atoms with van der Waals surface area (Å²) in [6.07, 6.45) is 4.53. The summed E-state index contributed by atoms with van der Waals surface area (Å²) >= 11 is 3.29. The third-order valence-electron chi connectivity index (χ3n) is 2.87. The van der Waals surface area contributed by atoms with Crippen molar-refractivity contribution in [1.29, 1.82) is 0 Å². The molecule has 0 radical (unpaired) electrons. The van der Waals surface area contributed by atoms with Crippen LogP contribution in [0.1, 0.15) is 19.0 Å². The van der Waals surface area contributed by atoms with Crippen LogP contribution in [0.15, 0.2) is 40.1 Å². The Morgan fingerprint density at radius 3 is 2.81 bits per heavy atom. The Kier molecular flexibility index (Phi) is 5.02. The van der Waals surface area contributed by atoms with Gasteiger partial charge in [-0.15, -0.1) is 0 Å². The normalized spacial score (nSPS) is 11.6. The Bertz CT molecular complexity index is 728. The van der Waals surface area contributed by atoms with Gasteiger partial charge in [-0.25, -0.2) is 18.5 Å². The summed E-state index contributed by atoms with van der Waals surface area (Å²) in [6, 6.07) is 4.41. The number of hydrogen-bond donors (Lipinski definition) is 1. The van der Waals surface area contributed by atoms with Crippen LogP contribution in [0.25, 0.3) is 0 Å². The van der Waals surface area contributed by atoms with Gasteiger partial charge >= 0.3 is 0 Å². The van der Waals surface area contributed by atoms with Crippen LogP contribution in [-0.2, 0) is 23.2 Å². The van der Waals surface area contributed by atoms with Gasteiger partial charge in [0.25, 0.3) is 0 Å². The monoisotopic (exact) mass is 373 g/mol. The summed E-state index contributed by atoms with van der Waals surface area (Å²) in [5.41, 5.74) is 0.958. The largest absolute Gasteiger partial charge is 0.486 e. The zero-order valence-corrected chi connectivity index (χ0v) is 13.9. The number of hydrogen-bond acceptors (Lipinski definition) is 4. The number of nitrogens with zero attached hydrogens (tertiary/aromatic N) is 2. The highest BCUT2D eigenvalue weighted by atomic mass is 79.9. The molecule has 0 aliphatic heterocycles. The van der Waals surface area contributed by atoms with Gasteiger partial charge in [-0.1, -0.05) is 6.92 Å². The predicted octanol–water partition coefficient (Wildman–Crippen LogP) is 2.28. The zero-order chi connectivity index (χ0) is 15.5. The lowest BCUT2D eigenvalue weighted by Crippen LogP contribution is -2.12. The molecule has 2 N–H and O–H groups in total. The minimum absolute atomic E-state index is 0.0396. The molecule has 6 nitrogen and oxygen atoms in total. The molecule has 0 bridgehead atoms. The molecule has 1 heterocycles. The summed E-state index contributed by atoms with van der Waals surface area (Å²) in [5.74, 6) is 0.548. The fraction of sp³-hybridized carbons (Fsp3) is 0.308. The number of imidazole rings is 1. The van der Waals surface area contributed by atoms with E-state index in [2.05, 4.69) is 27.8 Å². The van der Waals surface area contributed by atoms with E-state index in [1.807, 2.05) is 4.57 Å². The fourth-order valence-electron chi connectivity index (χ4n) is 1.84. The van der Waals surface area contributed by atoms with Crippen molar-refractivity contribution in [3.8, 4) is 5.75 Å². The van der Waals surface area contributed by atoms with Crippen LogP contribution in [-0.4, -0.2) is 18.0 Å². The van der Waals surface area contributed by atoms with Crippen molar-refractivity contribution in [2.75, 3.05) is 0 Å². The summed E-state index contributed by atoms with van der Waals surface area (Å²) in [6.45, 7) is 3.32. The van der Waals surface area contributed by atoms with Gasteiger partial charge in [0, 0.05) is 6.54 Å². The van der Waals surface area contributed by atoms with Gasteiger partial charge in [-0.2, -0.15) is 0 Å². The molecule has 0 saturated heterocycles. The Morgan fingerprint density at radius 2 is 2.19 bits per heavy atom. The highest BCUT2D eigenvalue weighted by molar-refractivity contribution is 9.10. The second-order valence-electron chi connectivity index (χ2n) is 4.50. The minimum atomic E-state index is -3.71. The van der Waals surface area contributed by atoms with Crippen molar-refractivity contribution in [1.82, 2.24) is 9.55 Å². The standard InChI is InChI=1S/C13H16BrN3O3S/c1-2-5-17-9-16-7-10(17)8-20-13-4-3-11(6-12(13)14)21(15,18)19/h3-4,6-7,9H,2,5,8H2,1H3,(H2,15,18,19). The highest BCUT2D eigenvalue weighted by Crippen LogP contribution is 2.28. The lowest BCUT2D eigenvalue weighted by atomic mass is 10.3. The van der Waals surface area contributed by atoms with Gasteiger partial charge in [0.15, 0.2) is 0 Å². The number of nitrogens with two attached hydrogens (primary N) is 1. The van der Waals surface area contributed by atoms with Crippen LogP contribution in [0.2, 0.25) is 0 Å². The number of rotatable bonds is 6. The molecule has 0 spiro atoms.